The molecule has 3 amide bonds. The van der Waals surface area contributed by atoms with Crippen LogP contribution >= 0.6 is 11.8 Å². The number of hydrogen-bond acceptors (Lipinski definition) is 6. The zero-order valence-electron chi connectivity index (χ0n) is 23.5. The van der Waals surface area contributed by atoms with Crippen molar-refractivity contribution in [2.24, 2.45) is 0 Å². The molecule has 0 saturated heterocycles. The van der Waals surface area contributed by atoms with E-state index in [-0.39, 0.29) is 17.7 Å². The maximum atomic E-state index is 13.5. The van der Waals surface area contributed by atoms with Gasteiger partial charge in [-0.3, -0.25) is 14.4 Å². The second kappa shape index (κ2) is 11.9. The lowest BCUT2D eigenvalue weighted by atomic mass is 10.0. The zero-order valence-corrected chi connectivity index (χ0v) is 24.4. The molecule has 3 heterocycles. The van der Waals surface area contributed by atoms with E-state index in [1.165, 1.54) is 18.7 Å². The number of anilines is 2. The molecule has 0 unspecified atom stereocenters. The third kappa shape index (κ3) is 5.91. The van der Waals surface area contributed by atoms with Crippen LogP contribution in [0.2, 0.25) is 0 Å². The van der Waals surface area contributed by atoms with Gasteiger partial charge in [-0.25, -0.2) is 9.97 Å². The first-order valence-corrected chi connectivity index (χ1v) is 14.9. The Bertz CT molecular complexity index is 1870. The molecule has 10 heteroatoms. The predicted molar refractivity (Wildman–Crippen MR) is 168 cm³/mol. The minimum Gasteiger partial charge on any atom is -0.332 e. The molecule has 3 N–H and O–H groups in total. The Morgan fingerprint density at radius 1 is 0.953 bits per heavy atom. The lowest BCUT2D eigenvalue weighted by molar-refractivity contribution is -0.114. The summed E-state index contributed by atoms with van der Waals surface area (Å²) in [4.78, 5) is 52.2. The molecule has 0 atom stereocenters. The fourth-order valence-corrected chi connectivity index (χ4v) is 5.56. The van der Waals surface area contributed by atoms with Crippen LogP contribution in [0.5, 0.6) is 0 Å². The number of rotatable bonds is 8. The number of carbonyl (C=O) groups excluding carboxylic acids is 3. The average Bonchev–Trinajstić information content (AvgIpc) is 3.59. The highest BCUT2D eigenvalue weighted by Crippen LogP contribution is 2.34. The van der Waals surface area contributed by atoms with E-state index in [9.17, 15) is 14.4 Å². The van der Waals surface area contributed by atoms with Gasteiger partial charge in [-0.05, 0) is 53.8 Å². The maximum absolute atomic E-state index is 13.5. The van der Waals surface area contributed by atoms with Crippen molar-refractivity contribution >= 4 is 41.0 Å². The van der Waals surface area contributed by atoms with E-state index in [0.29, 0.717) is 41.4 Å². The van der Waals surface area contributed by atoms with Crippen LogP contribution in [-0.2, 0) is 17.9 Å². The molecule has 0 saturated carbocycles. The number of aromatic amines is 1. The first kappa shape index (κ1) is 27.9. The highest BCUT2D eigenvalue weighted by atomic mass is 32.2. The number of benzene rings is 3. The van der Waals surface area contributed by atoms with Crippen molar-refractivity contribution in [2.45, 2.75) is 25.2 Å². The molecule has 1 aliphatic heterocycles. The fourth-order valence-electron chi connectivity index (χ4n) is 5.17. The summed E-state index contributed by atoms with van der Waals surface area (Å²) in [5, 5.41) is 6.47. The van der Waals surface area contributed by atoms with Crippen LogP contribution < -0.4 is 10.6 Å². The normalized spacial score (nSPS) is 12.2. The predicted octanol–water partition coefficient (Wildman–Crippen LogP) is 6.23. The van der Waals surface area contributed by atoms with Gasteiger partial charge in [0.25, 0.3) is 11.8 Å². The van der Waals surface area contributed by atoms with Crippen LogP contribution in [-0.4, -0.2) is 43.8 Å². The van der Waals surface area contributed by atoms with Crippen LogP contribution in [0.1, 0.15) is 38.8 Å². The average molecular weight is 589 g/mol. The first-order chi connectivity index (χ1) is 20.9. The quantitative estimate of drug-likeness (QED) is 0.185. The fraction of sp³-hybridized carbons (Fsp3) is 0.121. The molecule has 43 heavy (non-hydrogen) atoms. The largest absolute Gasteiger partial charge is 0.332 e. The highest BCUT2D eigenvalue weighted by molar-refractivity contribution is 7.98. The van der Waals surface area contributed by atoms with Crippen LogP contribution in [0, 0.1) is 0 Å². The van der Waals surface area contributed by atoms with E-state index >= 15 is 0 Å². The van der Waals surface area contributed by atoms with Crippen molar-refractivity contribution in [3.8, 4) is 22.5 Å². The topological polar surface area (TPSA) is 120 Å². The third-order valence-electron chi connectivity index (χ3n) is 7.14. The minimum atomic E-state index is -0.266. The smallest absolute Gasteiger partial charge is 0.256 e. The van der Waals surface area contributed by atoms with E-state index < -0.39 is 0 Å². The molecule has 0 bridgehead atoms. The molecule has 9 nitrogen and oxygen atoms in total. The second-order valence-electron chi connectivity index (χ2n) is 10.1. The molecule has 0 aliphatic carbocycles. The molecular weight excluding hydrogens is 560 g/mol. The Morgan fingerprint density at radius 3 is 2.58 bits per heavy atom. The summed E-state index contributed by atoms with van der Waals surface area (Å²) in [7, 11) is 0. The summed E-state index contributed by atoms with van der Waals surface area (Å²) >= 11 is 1.48. The maximum Gasteiger partial charge on any atom is 0.256 e. The summed E-state index contributed by atoms with van der Waals surface area (Å²) < 4.78 is 0. The van der Waals surface area contributed by atoms with Crippen LogP contribution in [0.4, 0.5) is 11.5 Å². The van der Waals surface area contributed by atoms with Crippen molar-refractivity contribution in [1.82, 2.24) is 19.9 Å². The van der Waals surface area contributed by atoms with Crippen molar-refractivity contribution in [3.05, 3.63) is 113 Å². The molecule has 5 aromatic rings. The molecule has 0 fully saturated rings. The zero-order chi connectivity index (χ0) is 29.9. The van der Waals surface area contributed by atoms with Crippen molar-refractivity contribution in [2.75, 3.05) is 16.9 Å². The lowest BCUT2D eigenvalue weighted by Gasteiger charge is -2.18. The monoisotopic (exact) mass is 588 g/mol. The lowest BCUT2D eigenvalue weighted by Crippen LogP contribution is -2.25. The number of thioether (sulfide) groups is 1. The van der Waals surface area contributed by atoms with Gasteiger partial charge in [0.2, 0.25) is 5.91 Å². The van der Waals surface area contributed by atoms with Gasteiger partial charge in [0.1, 0.15) is 5.82 Å². The molecule has 6 rings (SSSR count). The van der Waals surface area contributed by atoms with Crippen molar-refractivity contribution in [1.29, 1.82) is 0 Å². The molecular formula is C33H28N6O3S. The molecule has 0 spiro atoms. The van der Waals surface area contributed by atoms with E-state index in [1.54, 1.807) is 23.2 Å². The Balaban J connectivity index is 1.25. The summed E-state index contributed by atoms with van der Waals surface area (Å²) in [6.07, 6.45) is 3.57. The SMILES string of the molecule is CSc1nc(-c2cccc(NC(=O)c3ccccc3CN3Cc4ccccc4C3=O)c2)c(-c2ccnc(NC(C)=O)c2)[nH]1. The number of hydrogen-bond donors (Lipinski definition) is 3. The van der Waals surface area contributed by atoms with Crippen molar-refractivity contribution < 1.29 is 14.4 Å². The summed E-state index contributed by atoms with van der Waals surface area (Å²) in [6, 6.07) is 26.1. The number of fused-ring (bicyclic) bond motifs is 1. The Kier molecular flexibility index (Phi) is 7.76. The number of amides is 3. The van der Waals surface area contributed by atoms with E-state index in [1.807, 2.05) is 79.1 Å². The van der Waals surface area contributed by atoms with Crippen LogP contribution in [0.3, 0.4) is 0 Å². The molecule has 214 valence electrons. The summed E-state index contributed by atoms with van der Waals surface area (Å²) in [5.41, 5.74) is 6.66. The van der Waals surface area contributed by atoms with E-state index in [4.69, 9.17) is 4.98 Å². The van der Waals surface area contributed by atoms with E-state index in [2.05, 4.69) is 20.6 Å². The molecule has 3 aromatic carbocycles. The molecule has 1 aliphatic rings. The number of imidazole rings is 1. The standard InChI is InChI=1S/C33H28N6O3S/c1-20(40)35-28-17-22(14-15-34-28)30-29(37-33(38-30)43-2)21-10-7-11-25(16-21)36-31(41)26-12-5-3-8-23(26)18-39-19-24-9-4-6-13-27(24)32(39)42/h3-17H,18-19H2,1-2H3,(H,36,41)(H,37,38)(H,34,35,40). The van der Waals surface area contributed by atoms with Gasteiger partial charge < -0.3 is 20.5 Å². The van der Waals surface area contributed by atoms with Gasteiger partial charge in [0.05, 0.1) is 11.4 Å². The van der Waals surface area contributed by atoms with Gasteiger partial charge in [-0.1, -0.05) is 60.3 Å². The minimum absolute atomic E-state index is 0.0312. The number of nitrogens with one attached hydrogen (secondary N) is 3. The first-order valence-electron chi connectivity index (χ1n) is 13.6. The van der Waals surface area contributed by atoms with Crippen molar-refractivity contribution in [3.63, 3.8) is 0 Å². The van der Waals surface area contributed by atoms with Crippen LogP contribution in [0.15, 0.2) is 96.3 Å². The molecule has 2 aromatic heterocycles. The number of carbonyl (C=O) groups is 3. The van der Waals surface area contributed by atoms with Gasteiger partial charge in [-0.2, -0.15) is 0 Å². The molecule has 0 radical (unpaired) electrons. The number of H-pyrrole nitrogens is 1. The van der Waals surface area contributed by atoms with Gasteiger partial charge in [0, 0.05) is 54.2 Å². The second-order valence-corrected chi connectivity index (χ2v) is 10.9. The van der Waals surface area contributed by atoms with Gasteiger partial charge in [0.15, 0.2) is 5.16 Å². The Morgan fingerprint density at radius 2 is 1.77 bits per heavy atom. The van der Waals surface area contributed by atoms with Crippen LogP contribution in [0.25, 0.3) is 22.5 Å². The summed E-state index contributed by atoms with van der Waals surface area (Å²) in [5.74, 6) is -0.0637. The highest BCUT2D eigenvalue weighted by Gasteiger charge is 2.27. The van der Waals surface area contributed by atoms with E-state index in [0.717, 1.165) is 33.1 Å². The Hall–Kier alpha value is -5.22. The number of nitrogens with zero attached hydrogens (tertiary/aromatic N) is 3. The number of pyridine rings is 1. The van der Waals surface area contributed by atoms with Gasteiger partial charge >= 0.3 is 0 Å². The number of aromatic nitrogens is 3. The summed E-state index contributed by atoms with van der Waals surface area (Å²) in [6.45, 7) is 2.28. The van der Waals surface area contributed by atoms with Gasteiger partial charge in [-0.15, -0.1) is 0 Å². The Labute approximate surface area is 252 Å². The third-order valence-corrected chi connectivity index (χ3v) is 7.72.